The molecule has 0 radical (unpaired) electrons. The molecule has 15 heavy (non-hydrogen) atoms. The Morgan fingerprint density at radius 3 is 3.07 bits per heavy atom. The summed E-state index contributed by atoms with van der Waals surface area (Å²) in [6.07, 6.45) is 1.00. The van der Waals surface area contributed by atoms with Crippen molar-refractivity contribution >= 4 is 17.0 Å². The van der Waals surface area contributed by atoms with Gasteiger partial charge in [0, 0.05) is 13.6 Å². The second kappa shape index (κ2) is 3.77. The Hall–Kier alpha value is -1.76. The first-order valence-electron chi connectivity index (χ1n) is 4.61. The summed E-state index contributed by atoms with van der Waals surface area (Å²) in [5.41, 5.74) is 1.28. The van der Waals surface area contributed by atoms with E-state index in [1.807, 2.05) is 0 Å². The minimum atomic E-state index is -0.438. The summed E-state index contributed by atoms with van der Waals surface area (Å²) in [6, 6.07) is 0. The van der Waals surface area contributed by atoms with E-state index < -0.39 is 6.10 Å². The Bertz CT molecular complexity index is 465. The Morgan fingerprint density at radius 2 is 2.33 bits per heavy atom. The fourth-order valence-electron chi connectivity index (χ4n) is 1.23. The monoisotopic (exact) mass is 208 g/mol. The van der Waals surface area contributed by atoms with Crippen LogP contribution in [-0.2, 0) is 7.05 Å². The molecule has 1 unspecified atom stereocenters. The molecule has 0 aromatic carbocycles. The lowest BCUT2D eigenvalue weighted by molar-refractivity contribution is 0.208. The van der Waals surface area contributed by atoms with Gasteiger partial charge in [-0.1, -0.05) is 5.21 Å². The molecule has 1 atom stereocenters. The van der Waals surface area contributed by atoms with Crippen molar-refractivity contribution in [3.05, 3.63) is 6.33 Å². The lowest BCUT2D eigenvalue weighted by Gasteiger charge is -2.06. The molecule has 2 heterocycles. The fourth-order valence-corrected chi connectivity index (χ4v) is 1.23. The highest BCUT2D eigenvalue weighted by atomic mass is 16.3. The van der Waals surface area contributed by atoms with Crippen LogP contribution in [0.5, 0.6) is 0 Å². The van der Waals surface area contributed by atoms with E-state index in [1.54, 1.807) is 18.7 Å². The van der Waals surface area contributed by atoms with Gasteiger partial charge in [0.25, 0.3) is 0 Å². The van der Waals surface area contributed by atoms with E-state index in [9.17, 15) is 0 Å². The van der Waals surface area contributed by atoms with E-state index in [0.717, 1.165) is 0 Å². The third-order valence-electron chi connectivity index (χ3n) is 1.95. The maximum absolute atomic E-state index is 9.14. The number of hydrogen-bond donors (Lipinski definition) is 2. The van der Waals surface area contributed by atoms with Gasteiger partial charge < -0.3 is 10.4 Å². The first kappa shape index (κ1) is 9.78. The zero-order chi connectivity index (χ0) is 10.8. The largest absolute Gasteiger partial charge is 0.392 e. The highest BCUT2D eigenvalue weighted by Crippen LogP contribution is 2.14. The third-order valence-corrected chi connectivity index (χ3v) is 1.95. The average Bonchev–Trinajstić information content (AvgIpc) is 2.58. The van der Waals surface area contributed by atoms with Gasteiger partial charge in [0.1, 0.15) is 6.33 Å². The van der Waals surface area contributed by atoms with Crippen molar-refractivity contribution < 1.29 is 5.11 Å². The number of nitrogens with zero attached hydrogens (tertiary/aromatic N) is 5. The summed E-state index contributed by atoms with van der Waals surface area (Å²) in [7, 11) is 1.76. The Balaban J connectivity index is 2.34. The number of anilines is 1. The zero-order valence-electron chi connectivity index (χ0n) is 8.55. The number of aliphatic hydroxyl groups excluding tert-OH is 1. The lowest BCUT2D eigenvalue weighted by atomic mass is 10.4. The number of aryl methyl sites for hydroxylation is 1. The molecule has 7 heteroatoms. The Morgan fingerprint density at radius 1 is 1.53 bits per heavy atom. The average molecular weight is 208 g/mol. The predicted octanol–water partition coefficient (Wildman–Crippen LogP) is -0.449. The number of nitrogens with one attached hydrogen (secondary N) is 1. The first-order valence-corrected chi connectivity index (χ1v) is 4.61. The van der Waals surface area contributed by atoms with Crippen LogP contribution in [-0.4, -0.2) is 42.7 Å². The summed E-state index contributed by atoms with van der Waals surface area (Å²) < 4.78 is 1.57. The smallest absolute Gasteiger partial charge is 0.183 e. The molecule has 7 nitrogen and oxygen atoms in total. The van der Waals surface area contributed by atoms with Gasteiger partial charge >= 0.3 is 0 Å². The Kier molecular flexibility index (Phi) is 2.46. The van der Waals surface area contributed by atoms with E-state index in [4.69, 9.17) is 5.11 Å². The predicted molar refractivity (Wildman–Crippen MR) is 54.3 cm³/mol. The van der Waals surface area contributed by atoms with E-state index in [0.29, 0.717) is 23.5 Å². The van der Waals surface area contributed by atoms with Gasteiger partial charge in [0.2, 0.25) is 0 Å². The first-order chi connectivity index (χ1) is 7.18. The molecule has 0 saturated heterocycles. The molecule has 0 amide bonds. The van der Waals surface area contributed by atoms with Gasteiger partial charge in [0.15, 0.2) is 17.0 Å². The van der Waals surface area contributed by atoms with Crippen molar-refractivity contribution in [3.63, 3.8) is 0 Å². The van der Waals surface area contributed by atoms with Crippen molar-refractivity contribution in [2.45, 2.75) is 13.0 Å². The van der Waals surface area contributed by atoms with Crippen LogP contribution in [0.1, 0.15) is 6.92 Å². The van der Waals surface area contributed by atoms with E-state index in [1.165, 1.54) is 6.33 Å². The lowest BCUT2D eigenvalue weighted by Crippen LogP contribution is -2.16. The molecular formula is C8H12N6O. The maximum Gasteiger partial charge on any atom is 0.183 e. The van der Waals surface area contributed by atoms with Crippen molar-refractivity contribution in [1.82, 2.24) is 25.0 Å². The molecule has 0 aliphatic rings. The summed E-state index contributed by atoms with van der Waals surface area (Å²) in [5, 5.41) is 19.9. The van der Waals surface area contributed by atoms with Crippen LogP contribution in [0.15, 0.2) is 6.33 Å². The molecule has 80 valence electrons. The van der Waals surface area contributed by atoms with Crippen LogP contribution in [0.4, 0.5) is 5.82 Å². The SMILES string of the molecule is CC(O)CNc1ncnc2c1nnn2C. The number of rotatable bonds is 3. The highest BCUT2D eigenvalue weighted by Gasteiger charge is 2.09. The van der Waals surface area contributed by atoms with Crippen LogP contribution < -0.4 is 5.32 Å². The molecule has 0 aliphatic carbocycles. The van der Waals surface area contributed by atoms with Crippen molar-refractivity contribution in [1.29, 1.82) is 0 Å². The molecule has 2 aromatic rings. The van der Waals surface area contributed by atoms with E-state index in [2.05, 4.69) is 25.6 Å². The second-order valence-electron chi connectivity index (χ2n) is 3.34. The van der Waals surface area contributed by atoms with Crippen molar-refractivity contribution in [3.8, 4) is 0 Å². The molecule has 0 bridgehead atoms. The van der Waals surface area contributed by atoms with Gasteiger partial charge in [-0.05, 0) is 6.92 Å². The van der Waals surface area contributed by atoms with Crippen LogP contribution in [0.3, 0.4) is 0 Å². The minimum Gasteiger partial charge on any atom is -0.392 e. The molecular weight excluding hydrogens is 196 g/mol. The number of aliphatic hydroxyl groups is 1. The maximum atomic E-state index is 9.14. The van der Waals surface area contributed by atoms with Gasteiger partial charge in [-0.25, -0.2) is 14.6 Å². The summed E-state index contributed by atoms with van der Waals surface area (Å²) in [4.78, 5) is 8.10. The third kappa shape index (κ3) is 1.86. The summed E-state index contributed by atoms with van der Waals surface area (Å²) in [6.45, 7) is 2.12. The van der Waals surface area contributed by atoms with E-state index >= 15 is 0 Å². The zero-order valence-corrected chi connectivity index (χ0v) is 8.55. The second-order valence-corrected chi connectivity index (χ2v) is 3.34. The van der Waals surface area contributed by atoms with Crippen LogP contribution >= 0.6 is 0 Å². The molecule has 2 rings (SSSR count). The fraction of sp³-hybridized carbons (Fsp3) is 0.500. The minimum absolute atomic E-state index is 0.419. The molecule has 2 N–H and O–H groups in total. The summed E-state index contributed by atoms with van der Waals surface area (Å²) in [5.74, 6) is 0.592. The number of hydrogen-bond acceptors (Lipinski definition) is 6. The molecule has 0 fully saturated rings. The summed E-state index contributed by atoms with van der Waals surface area (Å²) >= 11 is 0. The highest BCUT2D eigenvalue weighted by molar-refractivity contribution is 5.81. The molecule has 2 aromatic heterocycles. The molecule has 0 aliphatic heterocycles. The molecule has 0 spiro atoms. The topological polar surface area (TPSA) is 88.8 Å². The van der Waals surface area contributed by atoms with Gasteiger partial charge in [-0.2, -0.15) is 0 Å². The van der Waals surface area contributed by atoms with Crippen molar-refractivity contribution in [2.24, 2.45) is 7.05 Å². The molecule has 0 saturated carbocycles. The quantitative estimate of drug-likeness (QED) is 0.710. The van der Waals surface area contributed by atoms with Gasteiger partial charge in [-0.3, -0.25) is 0 Å². The van der Waals surface area contributed by atoms with Crippen LogP contribution in [0.2, 0.25) is 0 Å². The number of aromatic nitrogens is 5. The normalized spacial score (nSPS) is 13.0. The standard InChI is InChI=1S/C8H12N6O/c1-5(15)3-9-7-6-8(11-4-10-7)14(2)13-12-6/h4-5,15H,3H2,1-2H3,(H,9,10,11). The van der Waals surface area contributed by atoms with Crippen LogP contribution in [0, 0.1) is 0 Å². The Labute approximate surface area is 86.2 Å². The van der Waals surface area contributed by atoms with E-state index in [-0.39, 0.29) is 0 Å². The van der Waals surface area contributed by atoms with Crippen LogP contribution in [0.25, 0.3) is 11.2 Å². The van der Waals surface area contributed by atoms with Crippen molar-refractivity contribution in [2.75, 3.05) is 11.9 Å². The van der Waals surface area contributed by atoms with Gasteiger partial charge in [-0.15, -0.1) is 5.10 Å². The van der Waals surface area contributed by atoms with Gasteiger partial charge in [0.05, 0.1) is 6.10 Å². The number of fused-ring (bicyclic) bond motifs is 1.